The number of carbonyl (C=O) groups is 1. The fourth-order valence-electron chi connectivity index (χ4n) is 2.84. The van der Waals surface area contributed by atoms with Crippen molar-refractivity contribution in [3.63, 3.8) is 0 Å². The topological polar surface area (TPSA) is 20.3 Å². The standard InChI is InChI=1S/C19H19NO/c1-15-18(17-10-6-3-7-11-17)12-13-20(19(15)21)14-16-8-4-2-5-9-16/h2-13,15,18H,14H2,1H3/t15-,18+/m0/s1. The Morgan fingerprint density at radius 2 is 1.57 bits per heavy atom. The van der Waals surface area contributed by atoms with Gasteiger partial charge < -0.3 is 4.90 Å². The molecule has 0 saturated carbocycles. The van der Waals surface area contributed by atoms with E-state index in [9.17, 15) is 4.79 Å². The molecule has 0 fully saturated rings. The zero-order valence-electron chi connectivity index (χ0n) is 12.1. The third-order valence-corrected chi connectivity index (χ3v) is 4.06. The molecule has 2 heteroatoms. The third kappa shape index (κ3) is 2.89. The molecule has 0 aromatic heterocycles. The van der Waals surface area contributed by atoms with Crippen LogP contribution in [0, 0.1) is 5.92 Å². The fraction of sp³-hybridized carbons (Fsp3) is 0.211. The minimum atomic E-state index is -0.0267. The quantitative estimate of drug-likeness (QED) is 0.831. The van der Waals surface area contributed by atoms with Gasteiger partial charge in [-0.3, -0.25) is 4.79 Å². The zero-order chi connectivity index (χ0) is 14.7. The lowest BCUT2D eigenvalue weighted by molar-refractivity contribution is -0.134. The molecule has 1 aliphatic heterocycles. The highest BCUT2D eigenvalue weighted by molar-refractivity contribution is 5.82. The summed E-state index contributed by atoms with van der Waals surface area (Å²) in [5.74, 6) is 0.335. The average molecular weight is 277 g/mol. The molecule has 1 aliphatic rings. The number of amides is 1. The molecular formula is C19H19NO. The van der Waals surface area contributed by atoms with Crippen molar-refractivity contribution in [1.82, 2.24) is 4.90 Å². The van der Waals surface area contributed by atoms with Crippen LogP contribution < -0.4 is 0 Å². The Kier molecular flexibility index (Phi) is 3.87. The van der Waals surface area contributed by atoms with Crippen LogP contribution in [0.4, 0.5) is 0 Å². The first-order valence-corrected chi connectivity index (χ1v) is 7.33. The lowest BCUT2D eigenvalue weighted by Crippen LogP contribution is -2.36. The molecule has 0 saturated heterocycles. The maximum absolute atomic E-state index is 12.6. The van der Waals surface area contributed by atoms with Crippen molar-refractivity contribution in [2.45, 2.75) is 19.4 Å². The summed E-state index contributed by atoms with van der Waals surface area (Å²) in [6, 6.07) is 20.3. The number of nitrogens with zero attached hydrogens (tertiary/aromatic N) is 1. The molecule has 1 heterocycles. The van der Waals surface area contributed by atoms with Gasteiger partial charge in [-0.1, -0.05) is 73.7 Å². The van der Waals surface area contributed by atoms with Gasteiger partial charge in [0.1, 0.15) is 0 Å². The molecular weight excluding hydrogens is 258 g/mol. The van der Waals surface area contributed by atoms with Crippen LogP contribution >= 0.6 is 0 Å². The van der Waals surface area contributed by atoms with E-state index in [1.54, 1.807) is 0 Å². The second-order valence-corrected chi connectivity index (χ2v) is 5.52. The van der Waals surface area contributed by atoms with Crippen molar-refractivity contribution in [2.75, 3.05) is 0 Å². The summed E-state index contributed by atoms with van der Waals surface area (Å²) in [7, 11) is 0. The van der Waals surface area contributed by atoms with Gasteiger partial charge in [0, 0.05) is 18.0 Å². The van der Waals surface area contributed by atoms with Crippen LogP contribution in [0.1, 0.15) is 24.0 Å². The first-order chi connectivity index (χ1) is 10.3. The summed E-state index contributed by atoms with van der Waals surface area (Å²) in [5.41, 5.74) is 2.36. The Morgan fingerprint density at radius 1 is 0.952 bits per heavy atom. The molecule has 2 atom stereocenters. The van der Waals surface area contributed by atoms with E-state index >= 15 is 0 Å². The average Bonchev–Trinajstić information content (AvgIpc) is 2.54. The third-order valence-electron chi connectivity index (χ3n) is 4.06. The maximum Gasteiger partial charge on any atom is 0.230 e. The van der Waals surface area contributed by atoms with Gasteiger partial charge in [-0.05, 0) is 11.1 Å². The van der Waals surface area contributed by atoms with Gasteiger partial charge in [0.2, 0.25) is 5.91 Å². The highest BCUT2D eigenvalue weighted by Gasteiger charge is 2.30. The van der Waals surface area contributed by atoms with E-state index in [0.29, 0.717) is 6.54 Å². The van der Waals surface area contributed by atoms with Crippen molar-refractivity contribution < 1.29 is 4.79 Å². The Morgan fingerprint density at radius 3 is 2.24 bits per heavy atom. The van der Waals surface area contributed by atoms with Crippen molar-refractivity contribution in [1.29, 1.82) is 0 Å². The molecule has 0 bridgehead atoms. The highest BCUT2D eigenvalue weighted by atomic mass is 16.2. The molecule has 0 aliphatic carbocycles. The van der Waals surface area contributed by atoms with Crippen LogP contribution in [0.5, 0.6) is 0 Å². The summed E-state index contributed by atoms with van der Waals surface area (Å²) < 4.78 is 0. The van der Waals surface area contributed by atoms with E-state index in [1.807, 2.05) is 54.4 Å². The first-order valence-electron chi connectivity index (χ1n) is 7.33. The molecule has 2 nitrogen and oxygen atoms in total. The van der Waals surface area contributed by atoms with Crippen LogP contribution in [-0.4, -0.2) is 10.8 Å². The van der Waals surface area contributed by atoms with E-state index in [0.717, 1.165) is 5.56 Å². The molecule has 21 heavy (non-hydrogen) atoms. The Bertz CT molecular complexity index is 633. The van der Waals surface area contributed by atoms with Gasteiger partial charge in [0.25, 0.3) is 0 Å². The number of benzene rings is 2. The molecule has 106 valence electrons. The summed E-state index contributed by atoms with van der Waals surface area (Å²) >= 11 is 0. The summed E-state index contributed by atoms with van der Waals surface area (Å²) in [5, 5.41) is 0. The predicted octanol–water partition coefficient (Wildman–Crippen LogP) is 3.96. The van der Waals surface area contributed by atoms with Gasteiger partial charge in [-0.15, -0.1) is 0 Å². The van der Waals surface area contributed by atoms with E-state index in [4.69, 9.17) is 0 Å². The normalized spacial score (nSPS) is 21.6. The Balaban J connectivity index is 1.80. The molecule has 0 radical (unpaired) electrons. The smallest absolute Gasteiger partial charge is 0.230 e. The fourth-order valence-corrected chi connectivity index (χ4v) is 2.84. The molecule has 0 N–H and O–H groups in total. The molecule has 2 aromatic carbocycles. The van der Waals surface area contributed by atoms with E-state index < -0.39 is 0 Å². The van der Waals surface area contributed by atoms with Gasteiger partial charge in [0.05, 0.1) is 6.54 Å². The first kappa shape index (κ1) is 13.6. The minimum absolute atomic E-state index is 0.0267. The van der Waals surface area contributed by atoms with Crippen molar-refractivity contribution >= 4 is 5.91 Å². The van der Waals surface area contributed by atoms with E-state index in [2.05, 4.69) is 30.3 Å². The second-order valence-electron chi connectivity index (χ2n) is 5.52. The molecule has 2 aromatic rings. The Hall–Kier alpha value is -2.35. The number of rotatable bonds is 3. The summed E-state index contributed by atoms with van der Waals surface area (Å²) in [4.78, 5) is 14.4. The SMILES string of the molecule is C[C@@H]1C(=O)N(Cc2ccccc2)C=C[C@H]1c1ccccc1. The van der Waals surface area contributed by atoms with Crippen LogP contribution in [-0.2, 0) is 11.3 Å². The van der Waals surface area contributed by atoms with Crippen LogP contribution in [0.15, 0.2) is 72.9 Å². The van der Waals surface area contributed by atoms with Crippen molar-refractivity contribution in [3.05, 3.63) is 84.1 Å². The van der Waals surface area contributed by atoms with Crippen molar-refractivity contribution in [2.24, 2.45) is 5.92 Å². The van der Waals surface area contributed by atoms with Gasteiger partial charge in [-0.25, -0.2) is 0 Å². The molecule has 0 spiro atoms. The lowest BCUT2D eigenvalue weighted by Gasteiger charge is -2.31. The van der Waals surface area contributed by atoms with Gasteiger partial charge >= 0.3 is 0 Å². The molecule has 3 rings (SSSR count). The van der Waals surface area contributed by atoms with E-state index in [1.165, 1.54) is 5.56 Å². The highest BCUT2D eigenvalue weighted by Crippen LogP contribution is 2.31. The van der Waals surface area contributed by atoms with Crippen LogP contribution in [0.3, 0.4) is 0 Å². The number of carbonyl (C=O) groups excluding carboxylic acids is 1. The lowest BCUT2D eigenvalue weighted by atomic mass is 9.84. The van der Waals surface area contributed by atoms with Gasteiger partial charge in [-0.2, -0.15) is 0 Å². The zero-order valence-corrected chi connectivity index (χ0v) is 12.1. The maximum atomic E-state index is 12.6. The second kappa shape index (κ2) is 5.96. The number of hydrogen-bond donors (Lipinski definition) is 0. The monoisotopic (exact) mass is 277 g/mol. The molecule has 1 amide bonds. The number of allylic oxidation sites excluding steroid dienone is 1. The van der Waals surface area contributed by atoms with Crippen LogP contribution in [0.25, 0.3) is 0 Å². The summed E-state index contributed by atoms with van der Waals surface area (Å²) in [6.07, 6.45) is 4.08. The molecule has 0 unspecified atom stereocenters. The number of hydrogen-bond acceptors (Lipinski definition) is 1. The van der Waals surface area contributed by atoms with Crippen molar-refractivity contribution in [3.8, 4) is 0 Å². The predicted molar refractivity (Wildman–Crippen MR) is 84.5 cm³/mol. The van der Waals surface area contributed by atoms with Crippen LogP contribution in [0.2, 0.25) is 0 Å². The van der Waals surface area contributed by atoms with E-state index in [-0.39, 0.29) is 17.7 Å². The van der Waals surface area contributed by atoms with Gasteiger partial charge in [0.15, 0.2) is 0 Å². The minimum Gasteiger partial charge on any atom is -0.315 e. The summed E-state index contributed by atoms with van der Waals surface area (Å²) in [6.45, 7) is 2.66. The largest absolute Gasteiger partial charge is 0.315 e. The Labute approximate surface area is 125 Å².